The van der Waals surface area contributed by atoms with Crippen LogP contribution in [0.3, 0.4) is 0 Å². The minimum Gasteiger partial charge on any atom is -0.462 e. The molecule has 0 aromatic rings. The maximum atomic E-state index is 12.2. The molecule has 0 radical (unpaired) electrons. The Morgan fingerprint density at radius 1 is 1.23 bits per heavy atom. The Morgan fingerprint density at radius 3 is 2.57 bits per heavy atom. The molecule has 1 N–H and O–H groups in total. The molecule has 5 heteroatoms. The van der Waals surface area contributed by atoms with E-state index in [2.05, 4.69) is 34.6 Å². The Bertz CT molecular complexity index is 650. The number of esters is 2. The van der Waals surface area contributed by atoms with Crippen LogP contribution in [0.5, 0.6) is 0 Å². The van der Waals surface area contributed by atoms with E-state index in [1.165, 1.54) is 39.0 Å². The van der Waals surface area contributed by atoms with Crippen LogP contribution in [0.15, 0.2) is 11.1 Å². The molecule has 1 saturated carbocycles. The molecule has 0 aromatic heterocycles. The van der Waals surface area contributed by atoms with E-state index in [0.717, 1.165) is 18.8 Å². The summed E-state index contributed by atoms with van der Waals surface area (Å²) in [5, 5.41) is 9.21. The lowest BCUT2D eigenvalue weighted by Crippen LogP contribution is -2.45. The molecule has 1 fully saturated rings. The molecular formula is C25H42O5. The van der Waals surface area contributed by atoms with Gasteiger partial charge in [-0.25, -0.2) is 0 Å². The van der Waals surface area contributed by atoms with Crippen LogP contribution in [0.25, 0.3) is 0 Å². The summed E-state index contributed by atoms with van der Waals surface area (Å²) in [7, 11) is 0. The molecule has 0 amide bonds. The molecule has 0 spiro atoms. The summed E-state index contributed by atoms with van der Waals surface area (Å²) in [6.45, 7) is 12.6. The first-order valence-electron chi connectivity index (χ1n) is 11.6. The minimum atomic E-state index is -0.789. The lowest BCUT2D eigenvalue weighted by molar-refractivity contribution is -0.160. The molecule has 4 unspecified atom stereocenters. The van der Waals surface area contributed by atoms with Gasteiger partial charge in [-0.05, 0) is 68.1 Å². The van der Waals surface area contributed by atoms with Gasteiger partial charge in [-0.3, -0.25) is 9.59 Å². The number of allylic oxidation sites excluding steroid dienone is 2. The summed E-state index contributed by atoms with van der Waals surface area (Å²) < 4.78 is 10.1. The van der Waals surface area contributed by atoms with Gasteiger partial charge in [0.2, 0.25) is 0 Å². The Balaban J connectivity index is 1.89. The summed E-state index contributed by atoms with van der Waals surface area (Å²) in [4.78, 5) is 23.2. The van der Waals surface area contributed by atoms with Gasteiger partial charge in [0, 0.05) is 13.3 Å². The molecule has 0 saturated heterocycles. The van der Waals surface area contributed by atoms with E-state index in [1.807, 2.05) is 0 Å². The van der Waals surface area contributed by atoms with E-state index >= 15 is 0 Å². The van der Waals surface area contributed by atoms with Crippen molar-refractivity contribution in [2.24, 2.45) is 22.7 Å². The summed E-state index contributed by atoms with van der Waals surface area (Å²) in [6, 6.07) is 0. The fourth-order valence-corrected chi connectivity index (χ4v) is 6.07. The molecule has 0 aliphatic heterocycles. The molecular weight excluding hydrogens is 380 g/mol. The number of ether oxygens (including phenoxy) is 2. The summed E-state index contributed by atoms with van der Waals surface area (Å²) in [5.41, 5.74) is 3.90. The Kier molecular flexibility index (Phi) is 8.55. The van der Waals surface area contributed by atoms with Gasteiger partial charge in [0.05, 0.1) is 6.61 Å². The van der Waals surface area contributed by atoms with Crippen molar-refractivity contribution in [3.05, 3.63) is 11.1 Å². The van der Waals surface area contributed by atoms with Gasteiger partial charge in [0.15, 0.2) is 6.10 Å². The van der Waals surface area contributed by atoms with Crippen molar-refractivity contribution < 1.29 is 24.2 Å². The van der Waals surface area contributed by atoms with Crippen LogP contribution < -0.4 is 0 Å². The lowest BCUT2D eigenvalue weighted by Gasteiger charge is -2.55. The number of fused-ring (bicyclic) bond motifs is 1. The molecule has 2 rings (SSSR count). The minimum absolute atomic E-state index is 0.0965. The van der Waals surface area contributed by atoms with Crippen LogP contribution in [0.2, 0.25) is 0 Å². The number of carbonyl (C=O) groups is 2. The van der Waals surface area contributed by atoms with E-state index in [-0.39, 0.29) is 25.1 Å². The van der Waals surface area contributed by atoms with Crippen molar-refractivity contribution in [3.63, 3.8) is 0 Å². The first-order chi connectivity index (χ1) is 14.0. The predicted molar refractivity (Wildman–Crippen MR) is 118 cm³/mol. The Labute approximate surface area is 182 Å². The van der Waals surface area contributed by atoms with Crippen molar-refractivity contribution in [2.45, 2.75) is 99.0 Å². The molecule has 0 aromatic carbocycles. The molecule has 0 bridgehead atoms. The van der Waals surface area contributed by atoms with Crippen LogP contribution >= 0.6 is 0 Å². The zero-order chi connectivity index (χ0) is 22.5. The van der Waals surface area contributed by atoms with Crippen molar-refractivity contribution in [3.8, 4) is 0 Å². The van der Waals surface area contributed by atoms with E-state index in [0.29, 0.717) is 17.3 Å². The van der Waals surface area contributed by atoms with Crippen LogP contribution in [-0.4, -0.2) is 36.4 Å². The Hall–Kier alpha value is -1.36. The van der Waals surface area contributed by atoms with Crippen molar-refractivity contribution in [1.29, 1.82) is 0 Å². The summed E-state index contributed by atoms with van der Waals surface area (Å²) in [6.07, 6.45) is 7.98. The zero-order valence-electron chi connectivity index (χ0n) is 19.9. The third-order valence-corrected chi connectivity index (χ3v) is 7.61. The number of rotatable bonds is 9. The highest BCUT2D eigenvalue weighted by atomic mass is 16.6. The van der Waals surface area contributed by atoms with E-state index in [4.69, 9.17) is 9.47 Å². The first kappa shape index (κ1) is 24.9. The van der Waals surface area contributed by atoms with Crippen LogP contribution in [0, 0.1) is 22.7 Å². The molecule has 2 aliphatic rings. The Morgan fingerprint density at radius 2 is 1.93 bits per heavy atom. The monoisotopic (exact) mass is 422 g/mol. The molecule has 2 aliphatic carbocycles. The van der Waals surface area contributed by atoms with Gasteiger partial charge in [0.25, 0.3) is 0 Å². The molecule has 30 heavy (non-hydrogen) atoms. The van der Waals surface area contributed by atoms with E-state index < -0.39 is 12.1 Å². The highest BCUT2D eigenvalue weighted by Crippen LogP contribution is 2.60. The van der Waals surface area contributed by atoms with Crippen LogP contribution in [0.4, 0.5) is 0 Å². The SMILES string of the molecule is CC(=O)OC(CO)COC(=O)CC(C)CCC1=C(C)CCC2C(C)(C)CCCC12C. The van der Waals surface area contributed by atoms with Crippen LogP contribution in [0.1, 0.15) is 92.9 Å². The first-order valence-corrected chi connectivity index (χ1v) is 11.6. The normalized spacial score (nSPS) is 27.8. The van der Waals surface area contributed by atoms with Crippen molar-refractivity contribution >= 4 is 11.9 Å². The third-order valence-electron chi connectivity index (χ3n) is 7.61. The second kappa shape index (κ2) is 10.3. The molecule has 5 nitrogen and oxygen atoms in total. The van der Waals surface area contributed by atoms with Crippen molar-refractivity contribution in [1.82, 2.24) is 0 Å². The van der Waals surface area contributed by atoms with Gasteiger partial charge in [-0.2, -0.15) is 0 Å². The quantitative estimate of drug-likeness (QED) is 0.408. The van der Waals surface area contributed by atoms with Gasteiger partial charge in [0.1, 0.15) is 6.61 Å². The number of aliphatic hydroxyl groups excluding tert-OH is 1. The topological polar surface area (TPSA) is 72.8 Å². The predicted octanol–water partition coefficient (Wildman–Crippen LogP) is 5.20. The largest absolute Gasteiger partial charge is 0.462 e. The summed E-state index contributed by atoms with van der Waals surface area (Å²) in [5.74, 6) is 0.173. The third kappa shape index (κ3) is 6.09. The van der Waals surface area contributed by atoms with Crippen molar-refractivity contribution in [2.75, 3.05) is 13.2 Å². The van der Waals surface area contributed by atoms with Gasteiger partial charge in [-0.15, -0.1) is 0 Å². The second-order valence-electron chi connectivity index (χ2n) is 10.6. The molecule has 0 heterocycles. The number of aliphatic hydroxyl groups is 1. The van der Waals surface area contributed by atoms with Gasteiger partial charge < -0.3 is 14.6 Å². The maximum Gasteiger partial charge on any atom is 0.306 e. The summed E-state index contributed by atoms with van der Waals surface area (Å²) >= 11 is 0. The highest BCUT2D eigenvalue weighted by Gasteiger charge is 2.49. The molecule has 172 valence electrons. The van der Waals surface area contributed by atoms with Gasteiger partial charge in [-0.1, -0.05) is 45.3 Å². The highest BCUT2D eigenvalue weighted by molar-refractivity contribution is 5.69. The van der Waals surface area contributed by atoms with E-state index in [9.17, 15) is 14.7 Å². The van der Waals surface area contributed by atoms with Crippen LogP contribution in [-0.2, 0) is 19.1 Å². The zero-order valence-corrected chi connectivity index (χ0v) is 19.9. The number of hydrogen-bond donors (Lipinski definition) is 1. The van der Waals surface area contributed by atoms with Gasteiger partial charge >= 0.3 is 11.9 Å². The standard InChI is InChI=1S/C25H42O5/c1-17(14-23(28)29-16-20(15-26)30-19(3)27)8-10-21-18(2)9-11-22-24(4,5)12-7-13-25(21,22)6/h17,20,22,26H,7-16H2,1-6H3. The second-order valence-corrected chi connectivity index (χ2v) is 10.6. The fraction of sp³-hybridized carbons (Fsp3) is 0.840. The number of hydrogen-bond acceptors (Lipinski definition) is 5. The van der Waals surface area contributed by atoms with E-state index in [1.54, 1.807) is 11.1 Å². The lowest BCUT2D eigenvalue weighted by atomic mass is 9.50. The fourth-order valence-electron chi connectivity index (χ4n) is 6.07. The molecule has 4 atom stereocenters. The average Bonchev–Trinajstić information content (AvgIpc) is 2.63. The average molecular weight is 423 g/mol. The number of carbonyl (C=O) groups excluding carboxylic acids is 2. The maximum absolute atomic E-state index is 12.2. The smallest absolute Gasteiger partial charge is 0.306 e.